The van der Waals surface area contributed by atoms with Crippen LogP contribution in [0.5, 0.6) is 5.75 Å². The number of aromatic nitrogens is 3. The van der Waals surface area contributed by atoms with E-state index in [1.165, 1.54) is 19.2 Å². The molecule has 6 heteroatoms. The van der Waals surface area contributed by atoms with Crippen LogP contribution in [0.1, 0.15) is 25.3 Å². The summed E-state index contributed by atoms with van der Waals surface area (Å²) in [6, 6.07) is 14.5. The van der Waals surface area contributed by atoms with E-state index < -0.39 is 0 Å². The van der Waals surface area contributed by atoms with Gasteiger partial charge in [0.05, 0.1) is 5.69 Å². The molecule has 0 amide bonds. The zero-order chi connectivity index (χ0) is 18.9. The number of benzene rings is 2. The Balaban J connectivity index is 1.44. The molecule has 1 N–H and O–H groups in total. The smallest absolute Gasteiger partial charge is 0.203 e. The van der Waals surface area contributed by atoms with Gasteiger partial charge >= 0.3 is 0 Å². The summed E-state index contributed by atoms with van der Waals surface area (Å²) in [5, 5.41) is 0. The lowest BCUT2D eigenvalue weighted by Crippen LogP contribution is -2.27. The van der Waals surface area contributed by atoms with E-state index in [1.54, 1.807) is 0 Å². The van der Waals surface area contributed by atoms with Gasteiger partial charge in [-0.3, -0.25) is 0 Å². The molecule has 1 aliphatic heterocycles. The van der Waals surface area contributed by atoms with Crippen molar-refractivity contribution >= 4 is 17.0 Å². The number of fused-ring (bicyclic) bond motifs is 1. The molecule has 3 heterocycles. The predicted octanol–water partition coefficient (Wildman–Crippen LogP) is 4.79. The summed E-state index contributed by atoms with van der Waals surface area (Å²) < 4.78 is 11.7. The van der Waals surface area contributed by atoms with Gasteiger partial charge in [-0.25, -0.2) is 9.97 Å². The van der Waals surface area contributed by atoms with Gasteiger partial charge in [-0.1, -0.05) is 30.3 Å². The molecule has 0 aliphatic carbocycles. The number of hydrogen-bond donors (Lipinski definition) is 1. The number of nitrogens with zero attached hydrogens (tertiary/aromatic N) is 3. The number of oxazole rings is 1. The van der Waals surface area contributed by atoms with Crippen molar-refractivity contribution in [1.29, 1.82) is 0 Å². The SMILES string of the molecule is CC1CCCN1c1nc(-c2ccc(OCc3ccccc3)c3ncoc23)c[nH]1. The highest BCUT2D eigenvalue weighted by atomic mass is 16.5. The first-order valence-electron chi connectivity index (χ1n) is 9.65. The molecule has 28 heavy (non-hydrogen) atoms. The monoisotopic (exact) mass is 374 g/mol. The van der Waals surface area contributed by atoms with Crippen molar-refractivity contribution < 1.29 is 9.15 Å². The van der Waals surface area contributed by atoms with Crippen molar-refractivity contribution in [2.75, 3.05) is 11.4 Å². The molecule has 0 spiro atoms. The Kier molecular flexibility index (Phi) is 4.24. The number of hydrogen-bond acceptors (Lipinski definition) is 5. The number of ether oxygens (including phenoxy) is 1. The highest BCUT2D eigenvalue weighted by Gasteiger charge is 2.23. The van der Waals surface area contributed by atoms with Crippen LogP contribution in [-0.2, 0) is 6.61 Å². The van der Waals surface area contributed by atoms with E-state index in [2.05, 4.69) is 21.8 Å². The molecule has 142 valence electrons. The number of H-pyrrole nitrogens is 1. The molecule has 1 aliphatic rings. The molecule has 1 atom stereocenters. The van der Waals surface area contributed by atoms with Gasteiger partial charge in [-0.05, 0) is 37.5 Å². The van der Waals surface area contributed by atoms with Crippen LogP contribution in [0.2, 0.25) is 0 Å². The van der Waals surface area contributed by atoms with E-state index in [0.717, 1.165) is 29.3 Å². The van der Waals surface area contributed by atoms with Crippen LogP contribution in [0.15, 0.2) is 59.5 Å². The minimum absolute atomic E-state index is 0.488. The largest absolute Gasteiger partial charge is 0.486 e. The van der Waals surface area contributed by atoms with Crippen molar-refractivity contribution in [2.24, 2.45) is 0 Å². The maximum Gasteiger partial charge on any atom is 0.203 e. The second-order valence-corrected chi connectivity index (χ2v) is 7.21. The molecule has 0 radical (unpaired) electrons. The Morgan fingerprint density at radius 1 is 1.21 bits per heavy atom. The fraction of sp³-hybridized carbons (Fsp3) is 0.273. The Labute approximate surface area is 163 Å². The fourth-order valence-electron chi connectivity index (χ4n) is 3.82. The minimum Gasteiger partial charge on any atom is -0.486 e. The molecule has 5 rings (SSSR count). The normalized spacial score (nSPS) is 16.8. The van der Waals surface area contributed by atoms with E-state index >= 15 is 0 Å². The van der Waals surface area contributed by atoms with E-state index in [0.29, 0.717) is 29.5 Å². The number of anilines is 1. The van der Waals surface area contributed by atoms with Crippen molar-refractivity contribution in [3.63, 3.8) is 0 Å². The first-order valence-corrected chi connectivity index (χ1v) is 9.65. The standard InChI is InChI=1S/C22H22N4O2/c1-15-6-5-11-26(15)22-23-12-18(25-22)17-9-10-19(20-21(17)28-14-24-20)27-13-16-7-3-2-4-8-16/h2-4,7-10,12,14-15H,5-6,11,13H2,1H3,(H,23,25). The Bertz CT molecular complexity index is 1090. The molecule has 4 aromatic rings. The molecule has 2 aromatic carbocycles. The second-order valence-electron chi connectivity index (χ2n) is 7.21. The molecule has 0 saturated carbocycles. The topological polar surface area (TPSA) is 67.2 Å². The lowest BCUT2D eigenvalue weighted by Gasteiger charge is -2.19. The highest BCUT2D eigenvalue weighted by Crippen LogP contribution is 2.34. The van der Waals surface area contributed by atoms with E-state index in [1.807, 2.05) is 48.7 Å². The maximum absolute atomic E-state index is 6.00. The van der Waals surface area contributed by atoms with Crippen LogP contribution in [0.3, 0.4) is 0 Å². The maximum atomic E-state index is 6.00. The van der Waals surface area contributed by atoms with Crippen molar-refractivity contribution in [2.45, 2.75) is 32.4 Å². The second kappa shape index (κ2) is 7.03. The lowest BCUT2D eigenvalue weighted by atomic mass is 10.1. The lowest BCUT2D eigenvalue weighted by molar-refractivity contribution is 0.309. The summed E-state index contributed by atoms with van der Waals surface area (Å²) in [7, 11) is 0. The van der Waals surface area contributed by atoms with Crippen LogP contribution in [0, 0.1) is 0 Å². The third-order valence-corrected chi connectivity index (χ3v) is 5.35. The predicted molar refractivity (Wildman–Crippen MR) is 108 cm³/mol. The van der Waals surface area contributed by atoms with Crippen LogP contribution in [0.25, 0.3) is 22.4 Å². The summed E-state index contributed by atoms with van der Waals surface area (Å²) in [6.45, 7) is 3.77. The molecular weight excluding hydrogens is 352 g/mol. The average Bonchev–Trinajstić information content (AvgIpc) is 3.47. The quantitative estimate of drug-likeness (QED) is 0.544. The van der Waals surface area contributed by atoms with Gasteiger partial charge in [-0.15, -0.1) is 0 Å². The zero-order valence-corrected chi connectivity index (χ0v) is 15.8. The fourth-order valence-corrected chi connectivity index (χ4v) is 3.82. The van der Waals surface area contributed by atoms with E-state index in [4.69, 9.17) is 14.1 Å². The van der Waals surface area contributed by atoms with Crippen LogP contribution in [0.4, 0.5) is 5.95 Å². The van der Waals surface area contributed by atoms with Gasteiger partial charge in [0.1, 0.15) is 12.4 Å². The van der Waals surface area contributed by atoms with E-state index in [-0.39, 0.29) is 0 Å². The number of rotatable bonds is 5. The van der Waals surface area contributed by atoms with Crippen LogP contribution < -0.4 is 9.64 Å². The third-order valence-electron chi connectivity index (χ3n) is 5.35. The van der Waals surface area contributed by atoms with Gasteiger partial charge in [0.2, 0.25) is 5.95 Å². The minimum atomic E-state index is 0.488. The molecular formula is C22H22N4O2. The van der Waals surface area contributed by atoms with Crippen molar-refractivity contribution in [3.05, 3.63) is 60.6 Å². The van der Waals surface area contributed by atoms with Gasteiger partial charge in [0, 0.05) is 24.3 Å². The number of imidazole rings is 1. The molecule has 6 nitrogen and oxygen atoms in total. The first kappa shape index (κ1) is 16.9. The highest BCUT2D eigenvalue weighted by molar-refractivity contribution is 5.92. The van der Waals surface area contributed by atoms with Gasteiger partial charge < -0.3 is 19.0 Å². The van der Waals surface area contributed by atoms with Crippen molar-refractivity contribution in [1.82, 2.24) is 15.0 Å². The average molecular weight is 374 g/mol. The van der Waals surface area contributed by atoms with Crippen molar-refractivity contribution in [3.8, 4) is 17.0 Å². The number of aromatic amines is 1. The van der Waals surface area contributed by atoms with Crippen LogP contribution >= 0.6 is 0 Å². The Morgan fingerprint density at radius 3 is 2.93 bits per heavy atom. The molecule has 0 bridgehead atoms. The van der Waals surface area contributed by atoms with Gasteiger partial charge in [0.15, 0.2) is 17.5 Å². The zero-order valence-electron chi connectivity index (χ0n) is 15.8. The Morgan fingerprint density at radius 2 is 2.11 bits per heavy atom. The molecule has 2 aromatic heterocycles. The summed E-state index contributed by atoms with van der Waals surface area (Å²) in [4.78, 5) is 14.8. The van der Waals surface area contributed by atoms with Gasteiger partial charge in [0.25, 0.3) is 0 Å². The van der Waals surface area contributed by atoms with Crippen LogP contribution in [-0.4, -0.2) is 27.5 Å². The Hall–Kier alpha value is -3.28. The van der Waals surface area contributed by atoms with Gasteiger partial charge in [-0.2, -0.15) is 0 Å². The first-order chi connectivity index (χ1) is 13.8. The van der Waals surface area contributed by atoms with E-state index in [9.17, 15) is 0 Å². The number of nitrogens with one attached hydrogen (secondary N) is 1. The molecule has 1 saturated heterocycles. The molecule has 1 unspecified atom stereocenters. The molecule has 1 fully saturated rings. The summed E-state index contributed by atoms with van der Waals surface area (Å²) in [5.41, 5.74) is 4.28. The summed E-state index contributed by atoms with van der Waals surface area (Å²) in [6.07, 6.45) is 5.80. The summed E-state index contributed by atoms with van der Waals surface area (Å²) in [5.74, 6) is 1.62. The summed E-state index contributed by atoms with van der Waals surface area (Å²) >= 11 is 0. The third kappa shape index (κ3) is 3.01.